The summed E-state index contributed by atoms with van der Waals surface area (Å²) in [6, 6.07) is 55.7. The van der Waals surface area contributed by atoms with E-state index in [0.29, 0.717) is 0 Å². The van der Waals surface area contributed by atoms with E-state index in [-0.39, 0.29) is 6.04 Å². The molecule has 0 bridgehead atoms. The van der Waals surface area contributed by atoms with Crippen LogP contribution in [0.3, 0.4) is 0 Å². The summed E-state index contributed by atoms with van der Waals surface area (Å²) in [5.41, 5.74) is 13.5. The average molecular weight is 588 g/mol. The molecule has 214 valence electrons. The summed E-state index contributed by atoms with van der Waals surface area (Å²) in [4.78, 5) is 1.42. The molecule has 1 N–H and O–H groups in total. The lowest BCUT2D eigenvalue weighted by atomic mass is 9.86. The van der Waals surface area contributed by atoms with E-state index >= 15 is 0 Å². The highest BCUT2D eigenvalue weighted by Gasteiger charge is 2.43. The lowest BCUT2D eigenvalue weighted by Crippen LogP contribution is -3.07. The van der Waals surface area contributed by atoms with Gasteiger partial charge in [-0.1, -0.05) is 91.0 Å². The molecule has 1 aliphatic heterocycles. The van der Waals surface area contributed by atoms with Crippen molar-refractivity contribution >= 4 is 71.4 Å². The number of hydrogen-bond donors (Lipinski definition) is 1. The van der Waals surface area contributed by atoms with Crippen molar-refractivity contribution in [1.29, 1.82) is 0 Å². The van der Waals surface area contributed by atoms with Gasteiger partial charge in [0.1, 0.15) is 22.5 Å². The van der Waals surface area contributed by atoms with Crippen molar-refractivity contribution in [3.8, 4) is 11.1 Å². The van der Waals surface area contributed by atoms with Crippen LogP contribution in [0.4, 0.5) is 11.4 Å². The monoisotopic (exact) mass is 587 g/mol. The zero-order valence-electron chi connectivity index (χ0n) is 24.9. The number of benzene rings is 7. The van der Waals surface area contributed by atoms with E-state index < -0.39 is 0 Å². The maximum Gasteiger partial charge on any atom is 0.154 e. The first kappa shape index (κ1) is 24.4. The predicted molar refractivity (Wildman–Crippen MR) is 189 cm³/mol. The minimum atomic E-state index is 0.263. The Morgan fingerprint density at radius 2 is 1.30 bits per heavy atom. The van der Waals surface area contributed by atoms with Crippen LogP contribution in [-0.2, 0) is 0 Å². The molecule has 10 aromatic rings. The number of nitrogens with one attached hydrogen (secondary N) is 1. The quantitative estimate of drug-likeness (QED) is 0.218. The van der Waals surface area contributed by atoms with Gasteiger partial charge in [-0.2, -0.15) is 0 Å². The predicted octanol–water partition coefficient (Wildman–Crippen LogP) is 10.4. The second-order valence-electron chi connectivity index (χ2n) is 12.6. The van der Waals surface area contributed by atoms with Crippen molar-refractivity contribution in [2.45, 2.75) is 6.04 Å². The lowest BCUT2D eigenvalue weighted by molar-refractivity contribution is -0.814. The van der Waals surface area contributed by atoms with Crippen molar-refractivity contribution in [3.63, 3.8) is 0 Å². The fourth-order valence-electron chi connectivity index (χ4n) is 8.38. The summed E-state index contributed by atoms with van der Waals surface area (Å²) in [6.45, 7) is 0. The average Bonchev–Trinajstić information content (AvgIpc) is 3.76. The number of nitrogens with zero attached hydrogens (tertiary/aromatic N) is 1. The van der Waals surface area contributed by atoms with Crippen molar-refractivity contribution < 1.29 is 9.32 Å². The Bertz CT molecular complexity index is 2820. The SMILES string of the molecule is c1ccc([NH+]2c3ccccc3C2c2ccc3c(c2)c2cccc4c5c(-c6ccc7c(c6)oc6ccccc67)cccc5n3c24)cc1. The van der Waals surface area contributed by atoms with Gasteiger partial charge in [-0.25, -0.2) is 0 Å². The van der Waals surface area contributed by atoms with E-state index in [0.717, 1.165) is 21.9 Å². The van der Waals surface area contributed by atoms with E-state index in [1.165, 1.54) is 76.6 Å². The molecule has 3 nitrogen and oxygen atoms in total. The van der Waals surface area contributed by atoms with Crippen LogP contribution >= 0.6 is 0 Å². The normalized spacial score (nSPS) is 16.3. The van der Waals surface area contributed by atoms with Gasteiger partial charge in [0.15, 0.2) is 6.04 Å². The molecule has 2 unspecified atom stereocenters. The topological polar surface area (TPSA) is 22.0 Å². The Hall–Kier alpha value is -5.90. The smallest absolute Gasteiger partial charge is 0.154 e. The van der Waals surface area contributed by atoms with Crippen LogP contribution in [0.25, 0.3) is 71.2 Å². The van der Waals surface area contributed by atoms with Crippen LogP contribution in [0, 0.1) is 0 Å². The van der Waals surface area contributed by atoms with Gasteiger partial charge in [-0.05, 0) is 65.7 Å². The van der Waals surface area contributed by atoms with Crippen molar-refractivity contribution in [3.05, 3.63) is 163 Å². The molecule has 0 fully saturated rings. The second-order valence-corrected chi connectivity index (χ2v) is 12.6. The van der Waals surface area contributed by atoms with Gasteiger partial charge in [-0.15, -0.1) is 0 Å². The third kappa shape index (κ3) is 3.10. The zero-order valence-corrected chi connectivity index (χ0v) is 24.9. The minimum Gasteiger partial charge on any atom is -0.456 e. The van der Waals surface area contributed by atoms with Crippen LogP contribution in [0.2, 0.25) is 0 Å². The Balaban J connectivity index is 1.12. The molecule has 4 heterocycles. The van der Waals surface area contributed by atoms with Gasteiger partial charge in [-0.3, -0.25) is 4.90 Å². The number of furan rings is 1. The molecule has 0 spiro atoms. The largest absolute Gasteiger partial charge is 0.456 e. The lowest BCUT2D eigenvalue weighted by Gasteiger charge is -2.38. The molecule has 0 saturated carbocycles. The van der Waals surface area contributed by atoms with Crippen LogP contribution in [0.5, 0.6) is 0 Å². The van der Waals surface area contributed by atoms with E-state index in [1.807, 2.05) is 12.1 Å². The first-order chi connectivity index (χ1) is 22.8. The standard InChI is InChI=1S/C43H26N2O/c1-2-10-28(11-3-1)44-36-17-6-4-13-33(36)42(44)27-21-23-37-35(24-27)32-15-8-16-34-41-29(14-9-18-38(41)45(37)43(32)34)26-20-22-31-30-12-5-7-19-39(30)46-40(31)25-26/h1-25,42H/p+1. The summed E-state index contributed by atoms with van der Waals surface area (Å²) in [5, 5.41) is 7.51. The van der Waals surface area contributed by atoms with Gasteiger partial charge < -0.3 is 8.82 Å². The molecular formula is C43H27N2O+. The van der Waals surface area contributed by atoms with Gasteiger partial charge >= 0.3 is 0 Å². The molecule has 0 radical (unpaired) electrons. The summed E-state index contributed by atoms with van der Waals surface area (Å²) in [7, 11) is 0. The van der Waals surface area contributed by atoms with Gasteiger partial charge in [0.2, 0.25) is 0 Å². The summed E-state index contributed by atoms with van der Waals surface area (Å²) in [5.74, 6) is 0. The number of aromatic nitrogens is 1. The Morgan fingerprint density at radius 3 is 2.26 bits per heavy atom. The highest BCUT2D eigenvalue weighted by atomic mass is 16.3. The van der Waals surface area contributed by atoms with E-state index in [1.54, 1.807) is 0 Å². The summed E-state index contributed by atoms with van der Waals surface area (Å²) >= 11 is 0. The first-order valence-electron chi connectivity index (χ1n) is 16.0. The highest BCUT2D eigenvalue weighted by molar-refractivity contribution is 6.26. The molecule has 11 rings (SSSR count). The van der Waals surface area contributed by atoms with Crippen LogP contribution in [0.15, 0.2) is 156 Å². The number of hydrogen-bond acceptors (Lipinski definition) is 1. The Labute approximate surface area is 264 Å². The molecule has 3 aromatic heterocycles. The molecule has 0 aliphatic carbocycles. The molecule has 3 heteroatoms. The number of rotatable bonds is 3. The maximum atomic E-state index is 6.29. The third-order valence-corrected chi connectivity index (χ3v) is 10.3. The van der Waals surface area contributed by atoms with Gasteiger partial charge in [0, 0.05) is 43.9 Å². The molecule has 0 amide bonds. The van der Waals surface area contributed by atoms with Crippen LogP contribution in [0.1, 0.15) is 17.2 Å². The molecule has 46 heavy (non-hydrogen) atoms. The zero-order chi connectivity index (χ0) is 29.9. The molecule has 2 atom stereocenters. The molecule has 0 saturated heterocycles. The van der Waals surface area contributed by atoms with E-state index in [4.69, 9.17) is 4.42 Å². The molecule has 7 aromatic carbocycles. The van der Waals surface area contributed by atoms with Crippen molar-refractivity contribution in [2.75, 3.05) is 0 Å². The second kappa shape index (κ2) is 8.85. The van der Waals surface area contributed by atoms with Crippen molar-refractivity contribution in [2.24, 2.45) is 0 Å². The van der Waals surface area contributed by atoms with Crippen LogP contribution < -0.4 is 4.90 Å². The fourth-order valence-corrected chi connectivity index (χ4v) is 8.38. The minimum absolute atomic E-state index is 0.263. The summed E-state index contributed by atoms with van der Waals surface area (Å²) in [6.07, 6.45) is 0. The Kier molecular flexibility index (Phi) is 4.70. The first-order valence-corrected chi connectivity index (χ1v) is 16.0. The van der Waals surface area contributed by atoms with Gasteiger partial charge in [0.05, 0.1) is 22.1 Å². The van der Waals surface area contributed by atoms with Crippen LogP contribution in [-0.4, -0.2) is 4.40 Å². The van der Waals surface area contributed by atoms with Crippen molar-refractivity contribution in [1.82, 2.24) is 4.40 Å². The Morgan fingerprint density at radius 1 is 0.522 bits per heavy atom. The fraction of sp³-hybridized carbons (Fsp3) is 0.0233. The number of quaternary nitrogens is 1. The number of para-hydroxylation sites is 4. The maximum absolute atomic E-state index is 6.29. The van der Waals surface area contributed by atoms with E-state index in [2.05, 4.69) is 144 Å². The van der Waals surface area contributed by atoms with E-state index in [9.17, 15) is 0 Å². The summed E-state index contributed by atoms with van der Waals surface area (Å²) < 4.78 is 8.78. The molecule has 1 aliphatic rings. The highest BCUT2D eigenvalue weighted by Crippen LogP contribution is 2.45. The third-order valence-electron chi connectivity index (χ3n) is 10.3. The van der Waals surface area contributed by atoms with Gasteiger partial charge in [0.25, 0.3) is 0 Å². The number of fused-ring (bicyclic) bond motifs is 10. The molecular weight excluding hydrogens is 560 g/mol.